The number of piperidine rings is 1. The molecule has 1 aliphatic heterocycles. The highest BCUT2D eigenvalue weighted by Gasteiger charge is 2.25. The van der Waals surface area contributed by atoms with Crippen molar-refractivity contribution in [2.45, 2.75) is 25.9 Å². The van der Waals surface area contributed by atoms with Gasteiger partial charge in [-0.05, 0) is 32.0 Å². The van der Waals surface area contributed by atoms with Crippen LogP contribution in [0.15, 0.2) is 18.2 Å². The van der Waals surface area contributed by atoms with Crippen LogP contribution in [0.3, 0.4) is 0 Å². The summed E-state index contributed by atoms with van der Waals surface area (Å²) in [6.07, 6.45) is 1.20. The van der Waals surface area contributed by atoms with Gasteiger partial charge < -0.3 is 14.8 Å². The van der Waals surface area contributed by atoms with E-state index in [9.17, 15) is 0 Å². The minimum Gasteiger partial charge on any atom is -0.497 e. The van der Waals surface area contributed by atoms with Crippen LogP contribution in [0.2, 0.25) is 0 Å². The second kappa shape index (κ2) is 6.95. The van der Waals surface area contributed by atoms with Crippen molar-refractivity contribution < 1.29 is 9.47 Å². The van der Waals surface area contributed by atoms with Crippen LogP contribution >= 0.6 is 0 Å². The Kier molecular flexibility index (Phi) is 5.26. The first-order valence-corrected chi connectivity index (χ1v) is 7.28. The number of ether oxygens (including phenoxy) is 2. The molecule has 20 heavy (non-hydrogen) atoms. The fourth-order valence-corrected chi connectivity index (χ4v) is 3.03. The molecule has 1 aliphatic rings. The molecule has 1 fully saturated rings. The van der Waals surface area contributed by atoms with Gasteiger partial charge in [-0.2, -0.15) is 0 Å². The Labute approximate surface area is 122 Å². The summed E-state index contributed by atoms with van der Waals surface area (Å²) in [5.74, 6) is 2.43. The normalized spacial score (nSPS) is 23.6. The molecule has 1 saturated heterocycles. The number of benzene rings is 1. The number of methoxy groups -OCH3 is 2. The molecule has 1 aromatic rings. The highest BCUT2D eigenvalue weighted by molar-refractivity contribution is 5.40. The fraction of sp³-hybridized carbons (Fsp3) is 0.625. The Hall–Kier alpha value is -1.26. The van der Waals surface area contributed by atoms with Gasteiger partial charge in [0.2, 0.25) is 0 Å². The maximum absolute atomic E-state index is 5.48. The summed E-state index contributed by atoms with van der Waals surface area (Å²) in [7, 11) is 5.45. The second-order valence-electron chi connectivity index (χ2n) is 5.57. The first-order chi connectivity index (χ1) is 9.67. The van der Waals surface area contributed by atoms with E-state index in [2.05, 4.69) is 30.3 Å². The van der Waals surface area contributed by atoms with Crippen molar-refractivity contribution in [1.29, 1.82) is 0 Å². The van der Waals surface area contributed by atoms with E-state index in [4.69, 9.17) is 9.47 Å². The fourth-order valence-electron chi connectivity index (χ4n) is 3.03. The summed E-state index contributed by atoms with van der Waals surface area (Å²) in [6.45, 7) is 5.51. The van der Waals surface area contributed by atoms with E-state index in [0.29, 0.717) is 12.0 Å². The molecule has 0 saturated carbocycles. The molecule has 2 atom stereocenters. The Morgan fingerprint density at radius 1 is 1.30 bits per heavy atom. The van der Waals surface area contributed by atoms with Gasteiger partial charge >= 0.3 is 0 Å². The molecular formula is C16H26N2O2. The Morgan fingerprint density at radius 2 is 2.10 bits per heavy atom. The summed E-state index contributed by atoms with van der Waals surface area (Å²) in [5.41, 5.74) is 1.23. The van der Waals surface area contributed by atoms with Gasteiger partial charge in [-0.15, -0.1) is 0 Å². The minimum atomic E-state index is 0.643. The standard InChI is InChI=1S/C16H26N2O2/c1-12-10-18(8-7-15(12)17-2)11-13-5-6-14(19-3)9-16(13)20-4/h5-6,9,12,15,17H,7-8,10-11H2,1-4H3. The van der Waals surface area contributed by atoms with Gasteiger partial charge in [-0.1, -0.05) is 13.0 Å². The lowest BCUT2D eigenvalue weighted by Crippen LogP contribution is -2.46. The number of hydrogen-bond donors (Lipinski definition) is 1. The molecule has 0 bridgehead atoms. The van der Waals surface area contributed by atoms with Crippen LogP contribution in [0, 0.1) is 5.92 Å². The molecule has 112 valence electrons. The van der Waals surface area contributed by atoms with Crippen molar-refractivity contribution in [2.24, 2.45) is 5.92 Å². The Morgan fingerprint density at radius 3 is 2.70 bits per heavy atom. The van der Waals surface area contributed by atoms with Crippen molar-refractivity contribution >= 4 is 0 Å². The van der Waals surface area contributed by atoms with Crippen molar-refractivity contribution in [2.75, 3.05) is 34.4 Å². The third-order valence-electron chi connectivity index (χ3n) is 4.25. The van der Waals surface area contributed by atoms with Gasteiger partial charge in [-0.25, -0.2) is 0 Å². The van der Waals surface area contributed by atoms with E-state index in [-0.39, 0.29) is 0 Å². The number of nitrogens with one attached hydrogen (secondary N) is 1. The molecule has 4 nitrogen and oxygen atoms in total. The second-order valence-corrected chi connectivity index (χ2v) is 5.57. The van der Waals surface area contributed by atoms with Gasteiger partial charge in [0.25, 0.3) is 0 Å². The van der Waals surface area contributed by atoms with E-state index in [1.54, 1.807) is 14.2 Å². The van der Waals surface area contributed by atoms with Crippen LogP contribution in [-0.4, -0.2) is 45.3 Å². The van der Waals surface area contributed by atoms with Gasteiger partial charge in [0.15, 0.2) is 0 Å². The largest absolute Gasteiger partial charge is 0.497 e. The van der Waals surface area contributed by atoms with Crippen LogP contribution in [-0.2, 0) is 6.54 Å². The molecule has 0 spiro atoms. The first-order valence-electron chi connectivity index (χ1n) is 7.28. The number of rotatable bonds is 5. The SMILES string of the molecule is CNC1CCN(Cc2ccc(OC)cc2OC)CC1C. The Bertz CT molecular complexity index is 436. The summed E-state index contributed by atoms with van der Waals surface area (Å²) in [5, 5.41) is 3.41. The lowest BCUT2D eigenvalue weighted by molar-refractivity contribution is 0.144. The zero-order chi connectivity index (χ0) is 14.5. The average molecular weight is 278 g/mol. The number of hydrogen-bond acceptors (Lipinski definition) is 4. The van der Waals surface area contributed by atoms with Crippen LogP contribution in [0.4, 0.5) is 0 Å². The summed E-state index contributed by atoms with van der Waals surface area (Å²) < 4.78 is 10.7. The van der Waals surface area contributed by atoms with Gasteiger partial charge in [0, 0.05) is 30.8 Å². The predicted molar refractivity (Wildman–Crippen MR) is 81.5 cm³/mol. The average Bonchev–Trinajstić information content (AvgIpc) is 2.48. The van der Waals surface area contributed by atoms with Crippen LogP contribution in [0.25, 0.3) is 0 Å². The summed E-state index contributed by atoms with van der Waals surface area (Å²) >= 11 is 0. The number of likely N-dealkylation sites (tertiary alicyclic amines) is 1. The van der Waals surface area contributed by atoms with E-state index >= 15 is 0 Å². The molecule has 4 heteroatoms. The molecule has 1 N–H and O–H groups in total. The predicted octanol–water partition coefficient (Wildman–Crippen LogP) is 2.13. The van der Waals surface area contributed by atoms with Gasteiger partial charge in [0.1, 0.15) is 11.5 Å². The Balaban J connectivity index is 2.03. The molecule has 0 aromatic heterocycles. The smallest absolute Gasteiger partial charge is 0.127 e. The maximum atomic E-state index is 5.48. The third-order valence-corrected chi connectivity index (χ3v) is 4.25. The van der Waals surface area contributed by atoms with E-state index in [0.717, 1.165) is 31.1 Å². The van der Waals surface area contributed by atoms with E-state index in [1.165, 1.54) is 12.0 Å². The maximum Gasteiger partial charge on any atom is 0.127 e. The molecular weight excluding hydrogens is 252 g/mol. The van der Waals surface area contributed by atoms with Crippen molar-refractivity contribution in [3.8, 4) is 11.5 Å². The molecule has 2 rings (SSSR count). The van der Waals surface area contributed by atoms with Crippen molar-refractivity contribution in [3.63, 3.8) is 0 Å². The lowest BCUT2D eigenvalue weighted by atomic mass is 9.93. The molecule has 0 aliphatic carbocycles. The molecule has 0 radical (unpaired) electrons. The molecule has 2 unspecified atom stereocenters. The van der Waals surface area contributed by atoms with Crippen LogP contribution < -0.4 is 14.8 Å². The highest BCUT2D eigenvalue weighted by Crippen LogP contribution is 2.27. The topological polar surface area (TPSA) is 33.7 Å². The van der Waals surface area contributed by atoms with Crippen molar-refractivity contribution in [3.05, 3.63) is 23.8 Å². The third kappa shape index (κ3) is 3.44. The summed E-state index contributed by atoms with van der Waals surface area (Å²) in [6, 6.07) is 6.71. The van der Waals surface area contributed by atoms with Crippen molar-refractivity contribution in [1.82, 2.24) is 10.2 Å². The zero-order valence-electron chi connectivity index (χ0n) is 13.0. The van der Waals surface area contributed by atoms with E-state index in [1.807, 2.05) is 12.1 Å². The minimum absolute atomic E-state index is 0.643. The lowest BCUT2D eigenvalue weighted by Gasteiger charge is -2.37. The number of nitrogens with zero attached hydrogens (tertiary/aromatic N) is 1. The van der Waals surface area contributed by atoms with Gasteiger partial charge in [0.05, 0.1) is 14.2 Å². The summed E-state index contributed by atoms with van der Waals surface area (Å²) in [4.78, 5) is 2.50. The molecule has 1 aromatic carbocycles. The van der Waals surface area contributed by atoms with E-state index < -0.39 is 0 Å². The quantitative estimate of drug-likeness (QED) is 0.894. The zero-order valence-corrected chi connectivity index (χ0v) is 13.0. The molecule has 1 heterocycles. The van der Waals surface area contributed by atoms with Gasteiger partial charge in [-0.3, -0.25) is 4.90 Å². The highest BCUT2D eigenvalue weighted by atomic mass is 16.5. The van der Waals surface area contributed by atoms with Crippen LogP contribution in [0.5, 0.6) is 11.5 Å². The molecule has 0 amide bonds. The first kappa shape index (κ1) is 15.1. The van der Waals surface area contributed by atoms with Crippen LogP contribution in [0.1, 0.15) is 18.9 Å². The monoisotopic (exact) mass is 278 g/mol.